The SMILES string of the molecule is CC(C)(CNC(CO)CO)c1ccc2nc[nH]c2c1. The molecule has 4 N–H and O–H groups in total. The zero-order valence-corrected chi connectivity index (χ0v) is 11.3. The molecule has 5 heteroatoms. The largest absolute Gasteiger partial charge is 0.395 e. The number of hydrogen-bond acceptors (Lipinski definition) is 4. The third kappa shape index (κ3) is 3.12. The van der Waals surface area contributed by atoms with Crippen molar-refractivity contribution in [3.63, 3.8) is 0 Å². The predicted molar refractivity (Wildman–Crippen MR) is 75.1 cm³/mol. The molecule has 0 spiro atoms. The van der Waals surface area contributed by atoms with Crippen LogP contribution in [0.4, 0.5) is 0 Å². The number of aliphatic hydroxyl groups excluding tert-OH is 2. The van der Waals surface area contributed by atoms with Crippen molar-refractivity contribution in [2.24, 2.45) is 0 Å². The van der Waals surface area contributed by atoms with Crippen LogP contribution in [-0.2, 0) is 5.41 Å². The molecule has 0 aliphatic heterocycles. The van der Waals surface area contributed by atoms with E-state index in [-0.39, 0.29) is 24.7 Å². The molecule has 0 aliphatic rings. The van der Waals surface area contributed by atoms with Crippen LogP contribution >= 0.6 is 0 Å². The van der Waals surface area contributed by atoms with E-state index in [9.17, 15) is 0 Å². The minimum Gasteiger partial charge on any atom is -0.395 e. The van der Waals surface area contributed by atoms with Crippen molar-refractivity contribution in [1.82, 2.24) is 15.3 Å². The molecule has 0 aliphatic carbocycles. The summed E-state index contributed by atoms with van der Waals surface area (Å²) in [5.41, 5.74) is 3.07. The van der Waals surface area contributed by atoms with Gasteiger partial charge in [0.15, 0.2) is 0 Å². The minimum atomic E-state index is -0.268. The summed E-state index contributed by atoms with van der Waals surface area (Å²) in [7, 11) is 0. The summed E-state index contributed by atoms with van der Waals surface area (Å²) in [6.07, 6.45) is 1.69. The highest BCUT2D eigenvalue weighted by molar-refractivity contribution is 5.75. The summed E-state index contributed by atoms with van der Waals surface area (Å²) in [4.78, 5) is 7.31. The van der Waals surface area contributed by atoms with Crippen molar-refractivity contribution >= 4 is 11.0 Å². The van der Waals surface area contributed by atoms with Crippen LogP contribution in [-0.4, -0.2) is 46.0 Å². The van der Waals surface area contributed by atoms with Crippen molar-refractivity contribution in [1.29, 1.82) is 0 Å². The fraction of sp³-hybridized carbons (Fsp3) is 0.500. The van der Waals surface area contributed by atoms with E-state index >= 15 is 0 Å². The molecule has 104 valence electrons. The van der Waals surface area contributed by atoms with Crippen LogP contribution in [0.25, 0.3) is 11.0 Å². The number of imidazole rings is 1. The third-order valence-corrected chi connectivity index (χ3v) is 3.48. The Kier molecular flexibility index (Phi) is 4.19. The number of rotatable bonds is 6. The number of aromatic amines is 1. The highest BCUT2D eigenvalue weighted by Crippen LogP contribution is 2.25. The van der Waals surface area contributed by atoms with Gasteiger partial charge in [-0.3, -0.25) is 0 Å². The Bertz CT molecular complexity index is 532. The Hall–Kier alpha value is -1.43. The lowest BCUT2D eigenvalue weighted by molar-refractivity contribution is 0.166. The molecular formula is C14H21N3O2. The molecule has 5 nitrogen and oxygen atoms in total. The van der Waals surface area contributed by atoms with Gasteiger partial charge in [-0.2, -0.15) is 0 Å². The maximum Gasteiger partial charge on any atom is 0.0931 e. The highest BCUT2D eigenvalue weighted by Gasteiger charge is 2.22. The van der Waals surface area contributed by atoms with Crippen molar-refractivity contribution in [3.05, 3.63) is 30.1 Å². The Morgan fingerprint density at radius 1 is 1.32 bits per heavy atom. The second kappa shape index (κ2) is 5.69. The minimum absolute atomic E-state index is 0.0633. The molecule has 2 rings (SSSR count). The van der Waals surface area contributed by atoms with Crippen LogP contribution in [0.5, 0.6) is 0 Å². The molecular weight excluding hydrogens is 242 g/mol. The molecule has 0 radical (unpaired) electrons. The van der Waals surface area contributed by atoms with E-state index in [1.807, 2.05) is 6.07 Å². The fourth-order valence-corrected chi connectivity index (χ4v) is 2.04. The molecule has 1 aromatic heterocycles. The summed E-state index contributed by atoms with van der Waals surface area (Å²) in [6.45, 7) is 4.81. The van der Waals surface area contributed by atoms with Crippen molar-refractivity contribution < 1.29 is 10.2 Å². The number of benzene rings is 1. The maximum absolute atomic E-state index is 9.07. The Labute approximate surface area is 112 Å². The van der Waals surface area contributed by atoms with E-state index in [1.165, 1.54) is 5.56 Å². The monoisotopic (exact) mass is 263 g/mol. The van der Waals surface area contributed by atoms with Gasteiger partial charge in [0.2, 0.25) is 0 Å². The molecule has 0 bridgehead atoms. The van der Waals surface area contributed by atoms with Gasteiger partial charge in [0.25, 0.3) is 0 Å². The van der Waals surface area contributed by atoms with Gasteiger partial charge in [-0.05, 0) is 17.7 Å². The van der Waals surface area contributed by atoms with Gasteiger partial charge < -0.3 is 20.5 Å². The van der Waals surface area contributed by atoms with Crippen LogP contribution < -0.4 is 5.32 Å². The first-order chi connectivity index (χ1) is 9.06. The average molecular weight is 263 g/mol. The summed E-state index contributed by atoms with van der Waals surface area (Å²) in [5, 5.41) is 21.3. The average Bonchev–Trinajstić information content (AvgIpc) is 2.87. The summed E-state index contributed by atoms with van der Waals surface area (Å²) in [6, 6.07) is 5.89. The second-order valence-electron chi connectivity index (χ2n) is 5.46. The molecule has 0 unspecified atom stereocenters. The van der Waals surface area contributed by atoms with E-state index in [4.69, 9.17) is 10.2 Å². The number of nitrogens with zero attached hydrogens (tertiary/aromatic N) is 1. The number of nitrogens with one attached hydrogen (secondary N) is 2. The molecule has 2 aromatic rings. The quantitative estimate of drug-likeness (QED) is 0.621. The van der Waals surface area contributed by atoms with Crippen molar-refractivity contribution in [3.8, 4) is 0 Å². The fourth-order valence-electron chi connectivity index (χ4n) is 2.04. The summed E-state index contributed by atoms with van der Waals surface area (Å²) >= 11 is 0. The number of H-pyrrole nitrogens is 1. The van der Waals surface area contributed by atoms with E-state index < -0.39 is 0 Å². The van der Waals surface area contributed by atoms with Gasteiger partial charge in [-0.15, -0.1) is 0 Å². The number of aliphatic hydroxyl groups is 2. The van der Waals surface area contributed by atoms with Gasteiger partial charge in [0, 0.05) is 12.0 Å². The first kappa shape index (κ1) is 14.0. The smallest absolute Gasteiger partial charge is 0.0931 e. The Morgan fingerprint density at radius 3 is 2.74 bits per heavy atom. The lowest BCUT2D eigenvalue weighted by atomic mass is 9.84. The molecule has 1 aromatic carbocycles. The maximum atomic E-state index is 9.07. The Morgan fingerprint density at radius 2 is 2.05 bits per heavy atom. The number of fused-ring (bicyclic) bond motifs is 1. The molecule has 0 saturated carbocycles. The second-order valence-corrected chi connectivity index (χ2v) is 5.46. The van der Waals surface area contributed by atoms with E-state index in [2.05, 4.69) is 41.3 Å². The number of aromatic nitrogens is 2. The predicted octanol–water partition coefficient (Wildman–Crippen LogP) is 0.783. The van der Waals surface area contributed by atoms with Crippen LogP contribution in [0.15, 0.2) is 24.5 Å². The number of hydrogen-bond donors (Lipinski definition) is 4. The van der Waals surface area contributed by atoms with E-state index in [0.29, 0.717) is 6.54 Å². The van der Waals surface area contributed by atoms with Crippen molar-refractivity contribution in [2.75, 3.05) is 19.8 Å². The lowest BCUT2D eigenvalue weighted by Crippen LogP contribution is -2.42. The summed E-state index contributed by atoms with van der Waals surface area (Å²) in [5.74, 6) is 0. The molecule has 0 amide bonds. The van der Waals surface area contributed by atoms with Gasteiger partial charge in [0.1, 0.15) is 0 Å². The van der Waals surface area contributed by atoms with Gasteiger partial charge in [0.05, 0.1) is 36.6 Å². The molecule has 0 fully saturated rings. The molecule has 0 atom stereocenters. The summed E-state index contributed by atoms with van der Waals surface area (Å²) < 4.78 is 0. The van der Waals surface area contributed by atoms with Crippen LogP contribution in [0.3, 0.4) is 0 Å². The normalized spacial score (nSPS) is 12.5. The van der Waals surface area contributed by atoms with Crippen molar-refractivity contribution in [2.45, 2.75) is 25.3 Å². The molecule has 19 heavy (non-hydrogen) atoms. The van der Waals surface area contributed by atoms with E-state index in [1.54, 1.807) is 6.33 Å². The highest BCUT2D eigenvalue weighted by atomic mass is 16.3. The zero-order chi connectivity index (χ0) is 13.9. The zero-order valence-electron chi connectivity index (χ0n) is 11.3. The van der Waals surface area contributed by atoms with E-state index in [0.717, 1.165) is 11.0 Å². The first-order valence-corrected chi connectivity index (χ1v) is 6.45. The van der Waals surface area contributed by atoms with Gasteiger partial charge in [-0.25, -0.2) is 4.98 Å². The Balaban J connectivity index is 2.13. The first-order valence-electron chi connectivity index (χ1n) is 6.45. The lowest BCUT2D eigenvalue weighted by Gasteiger charge is -2.28. The molecule has 1 heterocycles. The van der Waals surface area contributed by atoms with Gasteiger partial charge in [-0.1, -0.05) is 19.9 Å². The van der Waals surface area contributed by atoms with Crippen LogP contribution in [0, 0.1) is 0 Å². The standard InChI is InChI=1S/C14H21N3O2/c1-14(2,8-15-11(6-18)7-19)10-3-4-12-13(5-10)17-9-16-12/h3-5,9,11,15,18-19H,6-8H2,1-2H3,(H,16,17). The van der Waals surface area contributed by atoms with Gasteiger partial charge >= 0.3 is 0 Å². The third-order valence-electron chi connectivity index (χ3n) is 3.48. The van der Waals surface area contributed by atoms with Crippen LogP contribution in [0.1, 0.15) is 19.4 Å². The van der Waals surface area contributed by atoms with Crippen LogP contribution in [0.2, 0.25) is 0 Å². The molecule has 0 saturated heterocycles. The topological polar surface area (TPSA) is 81.2 Å².